The lowest BCUT2D eigenvalue weighted by Crippen LogP contribution is -3.12. The van der Waals surface area contributed by atoms with E-state index in [0.717, 1.165) is 49.5 Å². The van der Waals surface area contributed by atoms with Crippen LogP contribution < -0.4 is 4.90 Å². The van der Waals surface area contributed by atoms with Crippen molar-refractivity contribution < 1.29 is 14.0 Å². The largest absolute Gasteiger partial charge is 0.372 e. The molecule has 1 fully saturated rings. The number of hydrogen-bond acceptors (Lipinski definition) is 5. The summed E-state index contributed by atoms with van der Waals surface area (Å²) in [6, 6.07) is 10.5. The van der Waals surface area contributed by atoms with Gasteiger partial charge in [-0.05, 0) is 74.4 Å². The van der Waals surface area contributed by atoms with E-state index >= 15 is 0 Å². The van der Waals surface area contributed by atoms with Gasteiger partial charge in [-0.25, -0.2) is 9.07 Å². The van der Waals surface area contributed by atoms with Gasteiger partial charge in [0.25, 0.3) is 0 Å². The highest BCUT2D eigenvalue weighted by Crippen LogP contribution is 2.23. The predicted molar refractivity (Wildman–Crippen MR) is 114 cm³/mol. The monoisotopic (exact) mass is 425 g/mol. The van der Waals surface area contributed by atoms with Crippen LogP contribution in [0.15, 0.2) is 48.8 Å². The Balaban J connectivity index is 1.79. The average Bonchev–Trinajstić information content (AvgIpc) is 3.42. The number of benzene rings is 1. The molecule has 1 aliphatic heterocycles. The number of ether oxygens (including phenoxy) is 1. The topological polar surface area (TPSA) is 70.2 Å². The highest BCUT2D eigenvalue weighted by atomic mass is 19.1. The minimum Gasteiger partial charge on any atom is -0.372 e. The second-order valence-corrected chi connectivity index (χ2v) is 9.14. The molecule has 7 nitrogen and oxygen atoms in total. The van der Waals surface area contributed by atoms with Gasteiger partial charge >= 0.3 is 0 Å². The fraction of sp³-hybridized carbons (Fsp3) is 0.478. The van der Waals surface area contributed by atoms with Crippen LogP contribution in [0.5, 0.6) is 0 Å². The third-order valence-corrected chi connectivity index (χ3v) is 5.67. The van der Waals surface area contributed by atoms with Crippen molar-refractivity contribution >= 4 is 0 Å². The van der Waals surface area contributed by atoms with Crippen LogP contribution in [0.4, 0.5) is 4.39 Å². The lowest BCUT2D eigenvalue weighted by Gasteiger charge is -2.31. The SMILES string of the molecule is CC(C)(C)n1nnnc1[C@H](c1ccc(F)cc1)[NH+](Cc1cccnc1)C[C@@H]1CCCO1. The number of halogens is 1. The van der Waals surface area contributed by atoms with E-state index in [1.807, 2.05) is 29.1 Å². The van der Waals surface area contributed by atoms with Crippen molar-refractivity contribution in [2.75, 3.05) is 13.2 Å². The van der Waals surface area contributed by atoms with Crippen LogP contribution in [0.2, 0.25) is 0 Å². The Morgan fingerprint density at radius 1 is 1.23 bits per heavy atom. The first kappa shape index (κ1) is 21.5. The number of pyridine rings is 1. The summed E-state index contributed by atoms with van der Waals surface area (Å²) in [6.45, 7) is 8.56. The van der Waals surface area contributed by atoms with Crippen molar-refractivity contribution in [3.8, 4) is 0 Å². The van der Waals surface area contributed by atoms with Crippen molar-refractivity contribution in [2.24, 2.45) is 0 Å². The van der Waals surface area contributed by atoms with Gasteiger partial charge in [0.1, 0.15) is 25.0 Å². The van der Waals surface area contributed by atoms with Crippen LogP contribution in [0.25, 0.3) is 0 Å². The first-order valence-corrected chi connectivity index (χ1v) is 10.8. The van der Waals surface area contributed by atoms with Crippen molar-refractivity contribution in [2.45, 2.75) is 57.8 Å². The van der Waals surface area contributed by atoms with E-state index in [2.05, 4.69) is 47.3 Å². The summed E-state index contributed by atoms with van der Waals surface area (Å²) >= 11 is 0. The zero-order valence-electron chi connectivity index (χ0n) is 18.3. The first-order valence-electron chi connectivity index (χ1n) is 10.8. The van der Waals surface area contributed by atoms with Crippen LogP contribution in [-0.2, 0) is 16.8 Å². The molecule has 0 spiro atoms. The van der Waals surface area contributed by atoms with Crippen molar-refractivity contribution in [3.63, 3.8) is 0 Å². The minimum absolute atomic E-state index is 0.175. The molecule has 3 heterocycles. The lowest BCUT2D eigenvalue weighted by atomic mass is 10.0. The summed E-state index contributed by atoms with van der Waals surface area (Å²) in [5.74, 6) is 0.502. The van der Waals surface area contributed by atoms with Gasteiger partial charge in [0.05, 0.1) is 5.54 Å². The second kappa shape index (κ2) is 9.20. The highest BCUT2D eigenvalue weighted by molar-refractivity contribution is 5.23. The van der Waals surface area contributed by atoms with Gasteiger partial charge < -0.3 is 9.64 Å². The molecule has 0 amide bonds. The molecule has 0 radical (unpaired) electrons. The Morgan fingerprint density at radius 3 is 2.68 bits per heavy atom. The molecule has 1 saturated heterocycles. The van der Waals surface area contributed by atoms with Crippen molar-refractivity contribution in [3.05, 3.63) is 71.6 Å². The number of tetrazole rings is 1. The third-order valence-electron chi connectivity index (χ3n) is 5.67. The molecule has 1 N–H and O–H groups in total. The molecule has 164 valence electrons. The Labute approximate surface area is 182 Å². The molecule has 0 bridgehead atoms. The fourth-order valence-corrected chi connectivity index (χ4v) is 4.23. The maximum absolute atomic E-state index is 13.8. The van der Waals surface area contributed by atoms with Gasteiger partial charge in [-0.3, -0.25) is 4.98 Å². The van der Waals surface area contributed by atoms with Gasteiger partial charge in [-0.1, -0.05) is 6.07 Å². The maximum Gasteiger partial charge on any atom is 0.214 e. The standard InChI is InChI=1S/C23H29FN6O/c1-23(2,3)30-22(26-27-28-30)21(18-8-10-19(24)11-9-18)29(16-20-7-5-13-31-20)15-17-6-4-12-25-14-17/h4,6,8-12,14,20-21H,5,7,13,15-16H2,1-3H3/p+1/t20-,21-/m0/s1. The van der Waals surface area contributed by atoms with Crippen molar-refractivity contribution in [1.29, 1.82) is 0 Å². The number of hydrogen-bond donors (Lipinski definition) is 1. The zero-order valence-corrected chi connectivity index (χ0v) is 18.3. The number of rotatable bonds is 7. The summed E-state index contributed by atoms with van der Waals surface area (Å²) < 4.78 is 21.6. The summed E-state index contributed by atoms with van der Waals surface area (Å²) in [5, 5.41) is 12.8. The molecular formula is C23H30FN6O+. The zero-order chi connectivity index (χ0) is 21.8. The van der Waals surface area contributed by atoms with Gasteiger partial charge in [0, 0.05) is 30.1 Å². The molecular weight excluding hydrogens is 395 g/mol. The normalized spacial score (nSPS) is 18.8. The molecule has 3 atom stereocenters. The summed E-state index contributed by atoms with van der Waals surface area (Å²) in [7, 11) is 0. The van der Waals surface area contributed by atoms with E-state index in [1.165, 1.54) is 17.0 Å². The van der Waals surface area contributed by atoms with E-state index in [4.69, 9.17) is 4.74 Å². The fourth-order valence-electron chi connectivity index (χ4n) is 4.23. The van der Waals surface area contributed by atoms with Gasteiger partial charge in [-0.2, -0.15) is 0 Å². The smallest absolute Gasteiger partial charge is 0.214 e. The van der Waals surface area contributed by atoms with Crippen LogP contribution in [-0.4, -0.2) is 44.4 Å². The predicted octanol–water partition coefficient (Wildman–Crippen LogP) is 2.32. The van der Waals surface area contributed by atoms with E-state index in [1.54, 1.807) is 6.20 Å². The molecule has 4 rings (SSSR count). The molecule has 8 heteroatoms. The average molecular weight is 426 g/mol. The molecule has 1 aliphatic rings. The van der Waals surface area contributed by atoms with Crippen LogP contribution in [0, 0.1) is 5.82 Å². The van der Waals surface area contributed by atoms with Gasteiger partial charge in [-0.15, -0.1) is 5.10 Å². The van der Waals surface area contributed by atoms with Crippen molar-refractivity contribution in [1.82, 2.24) is 25.2 Å². The molecule has 31 heavy (non-hydrogen) atoms. The maximum atomic E-state index is 13.8. The van der Waals surface area contributed by atoms with Gasteiger partial charge in [0.2, 0.25) is 5.82 Å². The molecule has 3 aromatic rings. The second-order valence-electron chi connectivity index (χ2n) is 9.14. The molecule has 1 unspecified atom stereocenters. The number of aromatic nitrogens is 5. The van der Waals surface area contributed by atoms with Crippen LogP contribution in [0.1, 0.15) is 56.6 Å². The Bertz CT molecular complexity index is 964. The lowest BCUT2D eigenvalue weighted by molar-refractivity contribution is -0.942. The van der Waals surface area contributed by atoms with Crippen LogP contribution >= 0.6 is 0 Å². The highest BCUT2D eigenvalue weighted by Gasteiger charge is 2.36. The molecule has 2 aromatic heterocycles. The molecule has 1 aromatic carbocycles. The Hall–Kier alpha value is -2.71. The molecule has 0 saturated carbocycles. The van der Waals surface area contributed by atoms with Gasteiger partial charge in [0.15, 0.2) is 6.04 Å². The van der Waals surface area contributed by atoms with E-state index < -0.39 is 0 Å². The summed E-state index contributed by atoms with van der Waals surface area (Å²) in [4.78, 5) is 5.54. The Kier molecular flexibility index (Phi) is 6.38. The molecule has 0 aliphatic carbocycles. The third kappa shape index (κ3) is 5.14. The quantitative estimate of drug-likeness (QED) is 0.629. The minimum atomic E-state index is -0.291. The first-order chi connectivity index (χ1) is 14.9. The number of nitrogens with one attached hydrogen (secondary N) is 1. The van der Waals surface area contributed by atoms with E-state index in [-0.39, 0.29) is 23.5 Å². The number of quaternary nitrogens is 1. The van der Waals surface area contributed by atoms with E-state index in [9.17, 15) is 4.39 Å². The number of nitrogens with zero attached hydrogens (tertiary/aromatic N) is 5. The summed E-state index contributed by atoms with van der Waals surface area (Å²) in [6.07, 6.45) is 5.96. The summed E-state index contributed by atoms with van der Waals surface area (Å²) in [5.41, 5.74) is 1.80. The van der Waals surface area contributed by atoms with Crippen LogP contribution in [0.3, 0.4) is 0 Å². The van der Waals surface area contributed by atoms with E-state index in [0.29, 0.717) is 0 Å². The Morgan fingerprint density at radius 2 is 2.03 bits per heavy atom.